The van der Waals surface area contributed by atoms with Gasteiger partial charge in [0.2, 0.25) is 5.72 Å². The monoisotopic (exact) mass is 327 g/mol. The first-order chi connectivity index (χ1) is 10.6. The summed E-state index contributed by atoms with van der Waals surface area (Å²) in [4.78, 5) is 23.6. The standard InChI is InChI=1S/C16H22FNO5/c1-15(2,3)23-14(20)18-16(21,13(19)22-4)9-8-11-6-5-7-12(17)10-11/h5-7,10,21H,8-9H2,1-4H3,(H,18,20). The van der Waals surface area contributed by atoms with Crippen molar-refractivity contribution in [2.75, 3.05) is 7.11 Å². The molecule has 0 saturated heterocycles. The van der Waals surface area contributed by atoms with Crippen LogP contribution in [0.5, 0.6) is 0 Å². The van der Waals surface area contributed by atoms with Gasteiger partial charge >= 0.3 is 12.1 Å². The van der Waals surface area contributed by atoms with Crippen LogP contribution in [0.1, 0.15) is 32.8 Å². The van der Waals surface area contributed by atoms with Gasteiger partial charge in [0.1, 0.15) is 11.4 Å². The molecule has 0 bridgehead atoms. The van der Waals surface area contributed by atoms with Crippen molar-refractivity contribution in [3.8, 4) is 0 Å². The minimum absolute atomic E-state index is 0.152. The fourth-order valence-corrected chi connectivity index (χ4v) is 1.87. The number of rotatable bonds is 5. The summed E-state index contributed by atoms with van der Waals surface area (Å²) in [6.07, 6.45) is -0.994. The molecule has 1 unspecified atom stereocenters. The highest BCUT2D eigenvalue weighted by Crippen LogP contribution is 2.16. The smallest absolute Gasteiger partial charge is 0.410 e. The molecule has 6 nitrogen and oxygen atoms in total. The first-order valence-electron chi connectivity index (χ1n) is 7.12. The topological polar surface area (TPSA) is 84.9 Å². The van der Waals surface area contributed by atoms with Crippen LogP contribution in [-0.2, 0) is 20.7 Å². The van der Waals surface area contributed by atoms with Crippen molar-refractivity contribution in [2.24, 2.45) is 0 Å². The van der Waals surface area contributed by atoms with E-state index in [-0.39, 0.29) is 12.8 Å². The van der Waals surface area contributed by atoms with E-state index >= 15 is 0 Å². The van der Waals surface area contributed by atoms with Crippen LogP contribution in [0.15, 0.2) is 24.3 Å². The Labute approximate surface area is 134 Å². The van der Waals surface area contributed by atoms with Crippen LogP contribution in [0, 0.1) is 5.82 Å². The van der Waals surface area contributed by atoms with Crippen molar-refractivity contribution in [1.82, 2.24) is 5.32 Å². The second kappa shape index (κ2) is 7.41. The summed E-state index contributed by atoms with van der Waals surface area (Å²) >= 11 is 0. The summed E-state index contributed by atoms with van der Waals surface area (Å²) in [5.74, 6) is -1.45. The van der Waals surface area contributed by atoms with Gasteiger partial charge in [0.25, 0.3) is 0 Å². The average molecular weight is 327 g/mol. The van der Waals surface area contributed by atoms with E-state index in [0.29, 0.717) is 5.56 Å². The average Bonchev–Trinajstić information content (AvgIpc) is 2.42. The molecule has 1 aromatic rings. The molecule has 1 amide bonds. The quantitative estimate of drug-likeness (QED) is 0.639. The molecular weight excluding hydrogens is 305 g/mol. The first kappa shape index (κ1) is 18.9. The zero-order valence-corrected chi connectivity index (χ0v) is 13.7. The third kappa shape index (κ3) is 6.23. The van der Waals surface area contributed by atoms with Gasteiger partial charge in [-0.3, -0.25) is 5.32 Å². The van der Waals surface area contributed by atoms with E-state index in [1.165, 1.54) is 18.2 Å². The summed E-state index contributed by atoms with van der Waals surface area (Å²) in [6, 6.07) is 5.73. The lowest BCUT2D eigenvalue weighted by atomic mass is 10.0. The van der Waals surface area contributed by atoms with E-state index < -0.39 is 29.2 Å². The van der Waals surface area contributed by atoms with E-state index in [0.717, 1.165) is 7.11 Å². The number of nitrogens with one attached hydrogen (secondary N) is 1. The number of ether oxygens (including phenoxy) is 2. The zero-order chi connectivity index (χ0) is 17.7. The number of aryl methyl sites for hydroxylation is 1. The molecule has 0 spiro atoms. The van der Waals surface area contributed by atoms with Gasteiger partial charge in [0, 0.05) is 6.42 Å². The minimum Gasteiger partial charge on any atom is -0.465 e. The largest absolute Gasteiger partial charge is 0.465 e. The van der Waals surface area contributed by atoms with Crippen LogP contribution in [0.2, 0.25) is 0 Å². The molecule has 128 valence electrons. The molecule has 0 radical (unpaired) electrons. The molecule has 0 fully saturated rings. The predicted molar refractivity (Wildman–Crippen MR) is 81.1 cm³/mol. The molecule has 0 aliphatic heterocycles. The van der Waals surface area contributed by atoms with Gasteiger partial charge in [-0.2, -0.15) is 0 Å². The van der Waals surface area contributed by atoms with Crippen LogP contribution < -0.4 is 5.32 Å². The molecule has 0 aliphatic rings. The lowest BCUT2D eigenvalue weighted by molar-refractivity contribution is -0.166. The lowest BCUT2D eigenvalue weighted by Crippen LogP contribution is -2.56. The molecule has 1 aromatic carbocycles. The van der Waals surface area contributed by atoms with Crippen LogP contribution in [0.3, 0.4) is 0 Å². The number of carbonyl (C=O) groups excluding carboxylic acids is 2. The normalized spacial score (nSPS) is 13.8. The Kier molecular flexibility index (Phi) is 6.09. The van der Waals surface area contributed by atoms with Crippen molar-refractivity contribution < 1.29 is 28.6 Å². The van der Waals surface area contributed by atoms with Crippen LogP contribution in [-0.4, -0.2) is 35.6 Å². The summed E-state index contributed by atoms with van der Waals surface area (Å²) in [7, 11) is 1.09. The summed E-state index contributed by atoms with van der Waals surface area (Å²) in [5, 5.41) is 12.5. The maximum absolute atomic E-state index is 13.2. The Morgan fingerprint density at radius 1 is 1.30 bits per heavy atom. The predicted octanol–water partition coefficient (Wildman–Crippen LogP) is 2.14. The molecule has 1 rings (SSSR count). The zero-order valence-electron chi connectivity index (χ0n) is 13.7. The molecule has 0 aliphatic carbocycles. The Morgan fingerprint density at radius 3 is 2.48 bits per heavy atom. The van der Waals surface area contributed by atoms with E-state index in [2.05, 4.69) is 10.1 Å². The third-order valence-corrected chi connectivity index (χ3v) is 2.90. The fourth-order valence-electron chi connectivity index (χ4n) is 1.87. The van der Waals surface area contributed by atoms with Crippen molar-refractivity contribution in [2.45, 2.75) is 44.9 Å². The highest BCUT2D eigenvalue weighted by molar-refractivity contribution is 5.83. The van der Waals surface area contributed by atoms with Gasteiger partial charge in [-0.15, -0.1) is 0 Å². The second-order valence-corrected chi connectivity index (χ2v) is 6.11. The Morgan fingerprint density at radius 2 is 1.96 bits per heavy atom. The van der Waals surface area contributed by atoms with Crippen molar-refractivity contribution in [3.05, 3.63) is 35.6 Å². The Bertz CT molecular complexity index is 570. The van der Waals surface area contributed by atoms with E-state index in [9.17, 15) is 19.1 Å². The molecule has 7 heteroatoms. The van der Waals surface area contributed by atoms with Gasteiger partial charge in [0.15, 0.2) is 0 Å². The first-order valence-corrected chi connectivity index (χ1v) is 7.12. The number of amides is 1. The Hall–Kier alpha value is -2.15. The number of benzene rings is 1. The van der Waals surface area contributed by atoms with Gasteiger partial charge in [-0.1, -0.05) is 12.1 Å². The maximum atomic E-state index is 13.2. The summed E-state index contributed by atoms with van der Waals surface area (Å²) in [5.41, 5.74) is -2.48. The Balaban J connectivity index is 2.82. The van der Waals surface area contributed by atoms with Crippen molar-refractivity contribution in [3.63, 3.8) is 0 Å². The SMILES string of the molecule is COC(=O)C(O)(CCc1cccc(F)c1)NC(=O)OC(C)(C)C. The van der Waals surface area contributed by atoms with E-state index in [1.54, 1.807) is 26.8 Å². The van der Waals surface area contributed by atoms with Crippen LogP contribution in [0.4, 0.5) is 9.18 Å². The van der Waals surface area contributed by atoms with Gasteiger partial charge in [-0.05, 0) is 44.9 Å². The van der Waals surface area contributed by atoms with Crippen molar-refractivity contribution >= 4 is 12.1 Å². The molecule has 0 heterocycles. The fraction of sp³-hybridized carbons (Fsp3) is 0.500. The number of hydrogen-bond acceptors (Lipinski definition) is 5. The van der Waals surface area contributed by atoms with Gasteiger partial charge in [0.05, 0.1) is 7.11 Å². The van der Waals surface area contributed by atoms with Crippen LogP contribution in [0.25, 0.3) is 0 Å². The van der Waals surface area contributed by atoms with E-state index in [4.69, 9.17) is 4.74 Å². The van der Waals surface area contributed by atoms with Gasteiger partial charge < -0.3 is 14.6 Å². The second-order valence-electron chi connectivity index (χ2n) is 6.11. The number of aliphatic hydroxyl groups is 1. The van der Waals surface area contributed by atoms with Crippen LogP contribution >= 0.6 is 0 Å². The molecular formula is C16H22FNO5. The molecule has 2 N–H and O–H groups in total. The van der Waals surface area contributed by atoms with Crippen molar-refractivity contribution in [1.29, 1.82) is 0 Å². The third-order valence-electron chi connectivity index (χ3n) is 2.90. The number of esters is 1. The molecule has 0 aromatic heterocycles. The minimum atomic E-state index is -2.26. The maximum Gasteiger partial charge on any atom is 0.410 e. The molecule has 23 heavy (non-hydrogen) atoms. The highest BCUT2D eigenvalue weighted by atomic mass is 19.1. The number of carbonyl (C=O) groups is 2. The van der Waals surface area contributed by atoms with Gasteiger partial charge in [-0.25, -0.2) is 14.0 Å². The molecule has 1 atom stereocenters. The highest BCUT2D eigenvalue weighted by Gasteiger charge is 2.40. The number of halogens is 1. The summed E-state index contributed by atoms with van der Waals surface area (Å²) in [6.45, 7) is 4.95. The lowest BCUT2D eigenvalue weighted by Gasteiger charge is -2.28. The number of alkyl carbamates (subject to hydrolysis) is 1. The molecule has 0 saturated carbocycles. The number of hydrogen-bond donors (Lipinski definition) is 2. The summed E-state index contributed by atoms with van der Waals surface area (Å²) < 4.78 is 22.7. The van der Waals surface area contributed by atoms with E-state index in [1.807, 2.05) is 0 Å². The number of methoxy groups -OCH3 is 1.